The van der Waals surface area contributed by atoms with E-state index in [4.69, 9.17) is 9.30 Å². The Bertz CT molecular complexity index is 742. The van der Waals surface area contributed by atoms with Crippen molar-refractivity contribution in [3.8, 4) is 0 Å². The van der Waals surface area contributed by atoms with E-state index >= 15 is 0 Å². The molecule has 0 saturated carbocycles. The zero-order valence-electron chi connectivity index (χ0n) is 25.4. The van der Waals surface area contributed by atoms with Crippen molar-refractivity contribution in [2.45, 2.75) is 91.1 Å². The molecule has 0 amide bonds. The van der Waals surface area contributed by atoms with Gasteiger partial charge in [0.2, 0.25) is 0 Å². The number of hydrogen-bond acceptors (Lipinski definition) is 2. The smallest absolute Gasteiger partial charge is 1.00 e. The minimum Gasteiger partial charge on any atom is 1.00 e. The van der Waals surface area contributed by atoms with Gasteiger partial charge in [-0.3, -0.25) is 9.97 Å². The normalized spacial score (nSPS) is 10.1. The fourth-order valence-electron chi connectivity index (χ4n) is 3.97. The molecule has 2 radical (unpaired) electrons. The van der Waals surface area contributed by atoms with Crippen LogP contribution in [0.4, 0.5) is 0 Å². The molecule has 0 aromatic carbocycles. The fraction of sp³-hybridized carbons (Fsp3) is 0.600. The summed E-state index contributed by atoms with van der Waals surface area (Å²) in [6, 6.07) is 12.0. The van der Waals surface area contributed by atoms with Gasteiger partial charge in [-0.15, -0.1) is 42.0 Å². The quantitative estimate of drug-likeness (QED) is 0.0824. The van der Waals surface area contributed by atoms with E-state index in [0.717, 1.165) is 60.2 Å². The van der Waals surface area contributed by atoms with Crippen LogP contribution in [0.1, 0.15) is 66.8 Å². The molecule has 0 aliphatic heterocycles. The van der Waals surface area contributed by atoms with Gasteiger partial charge in [0.05, 0.1) is 0 Å². The average molecular weight is 939 g/mol. The molecule has 0 bridgehead atoms. The maximum Gasteiger partial charge on any atom is 1.00 e. The van der Waals surface area contributed by atoms with Gasteiger partial charge in [0, 0.05) is 23.8 Å². The third kappa shape index (κ3) is 24.4. The van der Waals surface area contributed by atoms with Gasteiger partial charge < -0.3 is 10.6 Å². The summed E-state index contributed by atoms with van der Waals surface area (Å²) in [4.78, 5) is 8.55. The molecule has 0 unspecified atom stereocenters. The average Bonchev–Trinajstić information content (AvgIpc) is 2.91. The van der Waals surface area contributed by atoms with Gasteiger partial charge in [0.25, 0.3) is 0 Å². The second-order valence-corrected chi connectivity index (χ2v) is 16.8. The molecule has 2 rings (SSSR count). The van der Waals surface area contributed by atoms with Crippen LogP contribution < -0.4 is 0 Å². The summed E-state index contributed by atoms with van der Waals surface area (Å²) in [6.45, 7) is 31.2. The molecule has 0 aliphatic carbocycles. The van der Waals surface area contributed by atoms with E-state index in [1.165, 1.54) is 12.3 Å². The number of nitrogens with zero attached hydrogens (tertiary/aromatic N) is 4. The monoisotopic (exact) mass is 942 g/mol. The van der Waals surface area contributed by atoms with Crippen LogP contribution in [0, 0.1) is 13.3 Å². The third-order valence-corrected chi connectivity index (χ3v) is 12.4. The van der Waals surface area contributed by atoms with Crippen molar-refractivity contribution < 1.29 is 48.9 Å². The molecule has 0 spiro atoms. The summed E-state index contributed by atoms with van der Waals surface area (Å²) >= 11 is 0. The third-order valence-electron chi connectivity index (χ3n) is 5.69. The van der Waals surface area contributed by atoms with Gasteiger partial charge >= 0.3 is 62.2 Å². The van der Waals surface area contributed by atoms with E-state index in [1.54, 1.807) is 0 Å². The Morgan fingerprint density at radius 1 is 0.600 bits per heavy atom. The second kappa shape index (κ2) is 31.8. The van der Waals surface area contributed by atoms with E-state index in [0.29, 0.717) is 0 Å². The van der Waals surface area contributed by atoms with Crippen molar-refractivity contribution in [2.24, 2.45) is 0 Å². The topological polar surface area (TPSA) is 93.8 Å². The molecule has 6 nitrogen and oxygen atoms in total. The maximum atomic E-state index is 7.50. The standard InChI is InChI=1S/2C14H24N2P.2CO.2Os/c2*1-12(2)17(13(3)4)10-9-15-11-14-7-5-6-8-16-14;2*1-2;;/h2*5-8,12-13H,9-11H2,1-4H3;;;;/q2*-1;;;2*+1. The molecule has 40 heavy (non-hydrogen) atoms. The largest absolute Gasteiger partial charge is 1.00 e. The van der Waals surface area contributed by atoms with Crippen molar-refractivity contribution in [3.05, 3.63) is 84.1 Å². The SMILES string of the molecule is CC(C)P(CC[N-]Cc1ccccn1)C(C)C.CC(C)P(CC[N-]Cc1ccccn1)C(C)C.[C-]#[O+].[C-]#[O+].[Os+].[Os+]. The number of pyridine rings is 2. The van der Waals surface area contributed by atoms with Gasteiger partial charge in [0.15, 0.2) is 0 Å². The molecule has 2 aromatic rings. The summed E-state index contributed by atoms with van der Waals surface area (Å²) in [5, 5.41) is 9.20. The first-order chi connectivity index (χ1) is 18.2. The molecule has 2 heterocycles. The van der Waals surface area contributed by atoms with E-state index in [2.05, 4.69) is 89.3 Å². The number of rotatable bonds is 14. The van der Waals surface area contributed by atoms with Gasteiger partial charge in [-0.1, -0.05) is 79.8 Å². The Hall–Kier alpha value is -0.167. The van der Waals surface area contributed by atoms with Crippen molar-refractivity contribution >= 4 is 15.8 Å². The molecule has 0 N–H and O–H groups in total. The molecule has 0 aliphatic rings. The van der Waals surface area contributed by atoms with Crippen LogP contribution in [-0.2, 0) is 62.0 Å². The Kier molecular flexibility index (Phi) is 37.1. The summed E-state index contributed by atoms with van der Waals surface area (Å²) < 4.78 is 15.0. The Morgan fingerprint density at radius 3 is 1.12 bits per heavy atom. The van der Waals surface area contributed by atoms with E-state index in [-0.39, 0.29) is 55.4 Å². The molecule has 0 atom stereocenters. The van der Waals surface area contributed by atoms with E-state index in [9.17, 15) is 0 Å². The zero-order chi connectivity index (χ0) is 29.3. The predicted octanol–water partition coefficient (Wildman–Crippen LogP) is 8.43. The molecule has 0 fully saturated rings. The first-order valence-corrected chi connectivity index (χ1v) is 16.5. The molecule has 2 aromatic heterocycles. The predicted molar refractivity (Wildman–Crippen MR) is 164 cm³/mol. The summed E-state index contributed by atoms with van der Waals surface area (Å²) in [7, 11) is 0.253. The van der Waals surface area contributed by atoms with Gasteiger partial charge in [0.1, 0.15) is 0 Å². The minimum absolute atomic E-state index is 0. The van der Waals surface area contributed by atoms with Gasteiger partial charge in [-0.05, 0) is 46.9 Å². The van der Waals surface area contributed by atoms with Crippen LogP contribution >= 0.6 is 15.8 Å². The molecular weight excluding hydrogens is 891 g/mol. The van der Waals surface area contributed by atoms with Crippen molar-refractivity contribution in [2.75, 3.05) is 25.4 Å². The van der Waals surface area contributed by atoms with Crippen molar-refractivity contribution in [1.29, 1.82) is 0 Å². The second-order valence-electron chi connectivity index (χ2n) is 9.70. The Labute approximate surface area is 273 Å². The first-order valence-electron chi connectivity index (χ1n) is 13.2. The van der Waals surface area contributed by atoms with Gasteiger partial charge in [-0.25, -0.2) is 0 Å². The van der Waals surface area contributed by atoms with Crippen molar-refractivity contribution in [1.82, 2.24) is 9.97 Å². The van der Waals surface area contributed by atoms with E-state index < -0.39 is 0 Å². The maximum absolute atomic E-state index is 7.50. The van der Waals surface area contributed by atoms with Crippen LogP contribution in [-0.4, -0.2) is 58.0 Å². The summed E-state index contributed by atoms with van der Waals surface area (Å²) in [6.07, 6.45) is 6.19. The van der Waals surface area contributed by atoms with Crippen LogP contribution in [0.2, 0.25) is 0 Å². The number of hydrogen-bond donors (Lipinski definition) is 0. The van der Waals surface area contributed by atoms with Crippen LogP contribution in [0.15, 0.2) is 48.8 Å². The number of aromatic nitrogens is 2. The van der Waals surface area contributed by atoms with Crippen molar-refractivity contribution in [3.63, 3.8) is 0 Å². The summed E-state index contributed by atoms with van der Waals surface area (Å²) in [5.74, 6) is 0. The Morgan fingerprint density at radius 2 is 0.900 bits per heavy atom. The molecule has 10 heteroatoms. The van der Waals surface area contributed by atoms with Crippen LogP contribution in [0.5, 0.6) is 0 Å². The van der Waals surface area contributed by atoms with Crippen LogP contribution in [0.25, 0.3) is 10.6 Å². The minimum atomic E-state index is 0. The first kappa shape index (κ1) is 46.8. The molecule has 0 saturated heterocycles. The fourth-order valence-corrected chi connectivity index (χ4v) is 9.16. The van der Waals surface area contributed by atoms with Gasteiger partial charge in [-0.2, -0.15) is 0 Å². The summed E-state index contributed by atoms with van der Waals surface area (Å²) in [5.41, 5.74) is 5.41. The zero-order valence-corrected chi connectivity index (χ0v) is 32.2. The Balaban J connectivity index is -0.000000276. The molecule has 226 valence electrons. The molecular formula is C30H48N4O2Os2P2. The van der Waals surface area contributed by atoms with Crippen LogP contribution in [0.3, 0.4) is 0 Å². The van der Waals surface area contributed by atoms with E-state index in [1.807, 2.05) is 48.8 Å².